The van der Waals surface area contributed by atoms with Crippen LogP contribution in [0.4, 0.5) is 0 Å². The molecule has 0 radical (unpaired) electrons. The molecule has 0 bridgehead atoms. The Hall–Kier alpha value is -1.88. The third-order valence-electron chi connectivity index (χ3n) is 3.16. The summed E-state index contributed by atoms with van der Waals surface area (Å²) >= 11 is 0. The van der Waals surface area contributed by atoms with Gasteiger partial charge in [0.05, 0.1) is 13.7 Å². The second-order valence-corrected chi connectivity index (χ2v) is 4.33. The number of ether oxygens (including phenoxy) is 1. The number of nitrogens with one attached hydrogen (secondary N) is 1. The highest BCUT2D eigenvalue weighted by atomic mass is 16.5. The molecule has 0 amide bonds. The molecule has 0 fully saturated rings. The summed E-state index contributed by atoms with van der Waals surface area (Å²) in [4.78, 5) is 22.7. The fourth-order valence-corrected chi connectivity index (χ4v) is 1.87. The smallest absolute Gasteiger partial charge is 0.324 e. The fraction of sp³-hybridized carbons (Fsp3) is 0.429. The first kappa shape index (κ1) is 15.2. The highest BCUT2D eigenvalue weighted by Crippen LogP contribution is 2.18. The van der Waals surface area contributed by atoms with Gasteiger partial charge >= 0.3 is 11.9 Å². The van der Waals surface area contributed by atoms with Gasteiger partial charge in [0.15, 0.2) is 0 Å². The first-order chi connectivity index (χ1) is 9.04. The first-order valence-corrected chi connectivity index (χ1v) is 6.13. The van der Waals surface area contributed by atoms with Gasteiger partial charge in [-0.1, -0.05) is 37.3 Å². The standard InChI is InChI=1S/C14H19NO4/c1-3-14(13(17)18,15-10-12(16)19-2)9-11-7-5-4-6-8-11/h4-8,15H,3,9-10H2,1-2H3,(H,17,18). The molecular weight excluding hydrogens is 246 g/mol. The van der Waals surface area contributed by atoms with E-state index in [0.29, 0.717) is 12.8 Å². The molecule has 0 saturated carbocycles. The van der Waals surface area contributed by atoms with Crippen LogP contribution in [0.2, 0.25) is 0 Å². The number of hydrogen-bond acceptors (Lipinski definition) is 4. The second-order valence-electron chi connectivity index (χ2n) is 4.33. The van der Waals surface area contributed by atoms with Gasteiger partial charge in [0.2, 0.25) is 0 Å². The highest BCUT2D eigenvalue weighted by molar-refractivity contribution is 5.80. The SMILES string of the molecule is CCC(Cc1ccccc1)(NCC(=O)OC)C(=O)O. The van der Waals surface area contributed by atoms with E-state index in [1.807, 2.05) is 30.3 Å². The zero-order chi connectivity index (χ0) is 14.3. The Balaban J connectivity index is 2.86. The van der Waals surface area contributed by atoms with Gasteiger partial charge in [0.25, 0.3) is 0 Å². The van der Waals surface area contributed by atoms with Gasteiger partial charge in [-0.2, -0.15) is 0 Å². The number of carbonyl (C=O) groups excluding carboxylic acids is 1. The second kappa shape index (κ2) is 6.89. The van der Waals surface area contributed by atoms with E-state index >= 15 is 0 Å². The highest BCUT2D eigenvalue weighted by Gasteiger charge is 2.36. The molecule has 0 aliphatic carbocycles. The van der Waals surface area contributed by atoms with Crippen LogP contribution in [0.15, 0.2) is 30.3 Å². The molecule has 1 unspecified atom stereocenters. The van der Waals surface area contributed by atoms with Crippen molar-refractivity contribution in [3.05, 3.63) is 35.9 Å². The van der Waals surface area contributed by atoms with Crippen LogP contribution >= 0.6 is 0 Å². The lowest BCUT2D eigenvalue weighted by Crippen LogP contribution is -2.55. The minimum atomic E-state index is -1.16. The van der Waals surface area contributed by atoms with E-state index in [2.05, 4.69) is 10.1 Å². The lowest BCUT2D eigenvalue weighted by molar-refractivity contribution is -0.146. The maximum absolute atomic E-state index is 11.5. The summed E-state index contributed by atoms with van der Waals surface area (Å²) in [5, 5.41) is 12.3. The van der Waals surface area contributed by atoms with Gasteiger partial charge in [-0.25, -0.2) is 0 Å². The number of hydrogen-bond donors (Lipinski definition) is 2. The van der Waals surface area contributed by atoms with Crippen LogP contribution in [0.3, 0.4) is 0 Å². The number of rotatable bonds is 7. The Morgan fingerprint density at radius 2 is 1.95 bits per heavy atom. The molecule has 1 rings (SSSR count). The van der Waals surface area contributed by atoms with Crippen LogP contribution in [-0.4, -0.2) is 36.2 Å². The van der Waals surface area contributed by atoms with Gasteiger partial charge in [-0.3, -0.25) is 14.9 Å². The van der Waals surface area contributed by atoms with Gasteiger partial charge in [0.1, 0.15) is 5.54 Å². The van der Waals surface area contributed by atoms with Gasteiger partial charge in [0, 0.05) is 6.42 Å². The number of carbonyl (C=O) groups is 2. The van der Waals surface area contributed by atoms with Gasteiger partial charge < -0.3 is 9.84 Å². The van der Waals surface area contributed by atoms with Crippen molar-refractivity contribution in [1.82, 2.24) is 5.32 Å². The van der Waals surface area contributed by atoms with Crippen LogP contribution in [0.25, 0.3) is 0 Å². The Morgan fingerprint density at radius 3 is 2.42 bits per heavy atom. The third kappa shape index (κ3) is 4.06. The molecule has 2 N–H and O–H groups in total. The summed E-state index contributed by atoms with van der Waals surface area (Å²) in [6.45, 7) is 1.66. The van der Waals surface area contributed by atoms with Crippen LogP contribution in [-0.2, 0) is 20.7 Å². The first-order valence-electron chi connectivity index (χ1n) is 6.13. The molecule has 5 nitrogen and oxygen atoms in total. The molecule has 1 aromatic rings. The Labute approximate surface area is 112 Å². The zero-order valence-corrected chi connectivity index (χ0v) is 11.2. The molecule has 0 spiro atoms. The van der Waals surface area contributed by atoms with E-state index in [4.69, 9.17) is 0 Å². The average Bonchev–Trinajstić information content (AvgIpc) is 2.43. The van der Waals surface area contributed by atoms with E-state index < -0.39 is 17.5 Å². The lowest BCUT2D eigenvalue weighted by Gasteiger charge is -2.29. The number of carboxylic acids is 1. The number of carboxylic acid groups (broad SMARTS) is 1. The topological polar surface area (TPSA) is 75.6 Å². The van der Waals surface area contributed by atoms with E-state index in [9.17, 15) is 14.7 Å². The van der Waals surface area contributed by atoms with Crippen LogP contribution < -0.4 is 5.32 Å². The Morgan fingerprint density at radius 1 is 1.32 bits per heavy atom. The molecule has 0 aliphatic rings. The van der Waals surface area contributed by atoms with E-state index in [0.717, 1.165) is 5.56 Å². The van der Waals surface area contributed by atoms with E-state index in [1.54, 1.807) is 6.92 Å². The minimum absolute atomic E-state index is 0.122. The molecule has 0 heterocycles. The van der Waals surface area contributed by atoms with Crippen molar-refractivity contribution in [2.75, 3.05) is 13.7 Å². The van der Waals surface area contributed by atoms with Crippen molar-refractivity contribution in [1.29, 1.82) is 0 Å². The molecule has 0 saturated heterocycles. The largest absolute Gasteiger partial charge is 0.480 e. The molecule has 5 heteroatoms. The Kier molecular flexibility index (Phi) is 5.51. The maximum atomic E-state index is 11.5. The van der Waals surface area contributed by atoms with Crippen molar-refractivity contribution in [2.24, 2.45) is 0 Å². The van der Waals surface area contributed by atoms with E-state index in [1.165, 1.54) is 7.11 Å². The fourth-order valence-electron chi connectivity index (χ4n) is 1.87. The van der Waals surface area contributed by atoms with Crippen molar-refractivity contribution in [3.8, 4) is 0 Å². The predicted octanol–water partition coefficient (Wildman–Crippen LogP) is 1.23. The zero-order valence-electron chi connectivity index (χ0n) is 11.2. The quantitative estimate of drug-likeness (QED) is 0.725. The molecule has 1 atom stereocenters. The molecule has 0 aromatic heterocycles. The van der Waals surface area contributed by atoms with Crippen molar-refractivity contribution >= 4 is 11.9 Å². The average molecular weight is 265 g/mol. The van der Waals surface area contributed by atoms with Crippen LogP contribution in [0.5, 0.6) is 0 Å². The van der Waals surface area contributed by atoms with Gasteiger partial charge in [-0.05, 0) is 12.0 Å². The third-order valence-corrected chi connectivity index (χ3v) is 3.16. The molecule has 104 valence electrons. The lowest BCUT2D eigenvalue weighted by atomic mass is 9.88. The summed E-state index contributed by atoms with van der Waals surface area (Å²) in [5.41, 5.74) is -0.251. The monoisotopic (exact) mass is 265 g/mol. The maximum Gasteiger partial charge on any atom is 0.324 e. The molecule has 1 aromatic carbocycles. The van der Waals surface area contributed by atoms with E-state index in [-0.39, 0.29) is 6.54 Å². The minimum Gasteiger partial charge on any atom is -0.480 e. The summed E-state index contributed by atoms with van der Waals surface area (Å²) in [5.74, 6) is -1.45. The van der Waals surface area contributed by atoms with Crippen molar-refractivity contribution in [2.45, 2.75) is 25.3 Å². The number of methoxy groups -OCH3 is 1. The summed E-state index contributed by atoms with van der Waals surface area (Å²) in [6.07, 6.45) is 0.685. The Bertz CT molecular complexity index is 432. The number of aliphatic carboxylic acids is 1. The number of benzene rings is 1. The molecule has 19 heavy (non-hydrogen) atoms. The summed E-state index contributed by atoms with van der Waals surface area (Å²) < 4.78 is 4.53. The molecular formula is C14H19NO4. The van der Waals surface area contributed by atoms with Crippen LogP contribution in [0, 0.1) is 0 Å². The normalized spacial score (nSPS) is 13.6. The van der Waals surface area contributed by atoms with Crippen molar-refractivity contribution < 1.29 is 19.4 Å². The summed E-state index contributed by atoms with van der Waals surface area (Å²) in [6, 6.07) is 9.33. The van der Waals surface area contributed by atoms with Gasteiger partial charge in [-0.15, -0.1) is 0 Å². The summed E-state index contributed by atoms with van der Waals surface area (Å²) in [7, 11) is 1.27. The van der Waals surface area contributed by atoms with Crippen LogP contribution in [0.1, 0.15) is 18.9 Å². The number of esters is 1. The molecule has 0 aliphatic heterocycles. The predicted molar refractivity (Wildman–Crippen MR) is 70.8 cm³/mol. The van der Waals surface area contributed by atoms with Crippen molar-refractivity contribution in [3.63, 3.8) is 0 Å².